The van der Waals surface area contributed by atoms with Crippen LogP contribution in [-0.2, 0) is 4.79 Å². The summed E-state index contributed by atoms with van der Waals surface area (Å²) in [6, 6.07) is 9.27. The third-order valence-electron chi connectivity index (χ3n) is 5.27. The second kappa shape index (κ2) is 12.3. The van der Waals surface area contributed by atoms with Crippen molar-refractivity contribution in [1.82, 2.24) is 15.1 Å². The second-order valence-electron chi connectivity index (χ2n) is 7.75. The van der Waals surface area contributed by atoms with Crippen LogP contribution in [-0.4, -0.2) is 59.3 Å². The Labute approximate surface area is 209 Å². The lowest BCUT2D eigenvalue weighted by molar-refractivity contribution is -0.189. The monoisotopic (exact) mass is 523 g/mol. The summed E-state index contributed by atoms with van der Waals surface area (Å²) in [6.07, 6.45) is -4.46. The lowest BCUT2D eigenvalue weighted by atomic mass is 10.1. The van der Waals surface area contributed by atoms with Crippen molar-refractivity contribution in [3.05, 3.63) is 53.8 Å². The average molecular weight is 523 g/mol. The molecule has 2 aromatic carbocycles. The van der Waals surface area contributed by atoms with E-state index in [1.807, 2.05) is 0 Å². The van der Waals surface area contributed by atoms with Crippen molar-refractivity contribution in [3.8, 4) is 17.2 Å². The Balaban J connectivity index is 1.62. The first-order valence-corrected chi connectivity index (χ1v) is 11.4. The molecule has 1 aromatic heterocycles. The summed E-state index contributed by atoms with van der Waals surface area (Å²) in [5, 5.41) is 13.4. The first-order chi connectivity index (χ1) is 17.6. The highest BCUT2D eigenvalue weighted by atomic mass is 19.4. The van der Waals surface area contributed by atoms with Gasteiger partial charge in [-0.15, -0.1) is 5.10 Å². The number of aromatic nitrogens is 2. The third kappa shape index (κ3) is 7.49. The number of para-hydroxylation sites is 1. The van der Waals surface area contributed by atoms with Crippen molar-refractivity contribution >= 4 is 23.6 Å². The number of hydrogen-bond donors (Lipinski definition) is 2. The summed E-state index contributed by atoms with van der Waals surface area (Å²) in [7, 11) is 0. The van der Waals surface area contributed by atoms with Gasteiger partial charge in [-0.25, -0.2) is 9.18 Å². The Morgan fingerprint density at radius 2 is 1.76 bits per heavy atom. The predicted octanol–water partition coefficient (Wildman–Crippen LogP) is 4.74. The van der Waals surface area contributed by atoms with Crippen LogP contribution in [0, 0.1) is 5.82 Å². The number of nitrogens with one attached hydrogen (secondary N) is 2. The zero-order valence-corrected chi connectivity index (χ0v) is 20.1. The number of amides is 1. The van der Waals surface area contributed by atoms with Crippen LogP contribution >= 0.6 is 0 Å². The Kier molecular flexibility index (Phi) is 9.17. The van der Waals surface area contributed by atoms with Gasteiger partial charge in [0.05, 0.1) is 5.56 Å². The van der Waals surface area contributed by atoms with E-state index in [0.29, 0.717) is 12.1 Å². The topological polar surface area (TPSA) is 110 Å². The number of carbonyl (C=O) groups is 2. The number of rotatable bonds is 11. The van der Waals surface area contributed by atoms with Crippen molar-refractivity contribution in [2.45, 2.75) is 26.4 Å². The number of benzene rings is 2. The third-order valence-corrected chi connectivity index (χ3v) is 5.27. The highest BCUT2D eigenvalue weighted by molar-refractivity contribution is 6.06. The molecule has 198 valence electrons. The van der Waals surface area contributed by atoms with E-state index in [-0.39, 0.29) is 17.6 Å². The number of anilines is 2. The van der Waals surface area contributed by atoms with E-state index in [2.05, 4.69) is 44.3 Å². The molecule has 0 bridgehead atoms. The molecule has 0 aliphatic carbocycles. The minimum absolute atomic E-state index is 0.232. The number of carbonyl (C=O) groups excluding carboxylic acids is 2. The van der Waals surface area contributed by atoms with Gasteiger partial charge in [0.1, 0.15) is 0 Å². The smallest absolute Gasteiger partial charge is 0.416 e. The molecule has 0 aliphatic rings. The van der Waals surface area contributed by atoms with Crippen molar-refractivity contribution in [2.75, 3.05) is 36.8 Å². The van der Waals surface area contributed by atoms with Gasteiger partial charge in [0, 0.05) is 17.8 Å². The largest absolute Gasteiger partial charge is 0.491 e. The maximum atomic E-state index is 14.1. The van der Waals surface area contributed by atoms with Gasteiger partial charge in [0.2, 0.25) is 5.89 Å². The molecular formula is C24H25F4N5O4. The Bertz CT molecular complexity index is 1210. The van der Waals surface area contributed by atoms with Crippen LogP contribution < -0.4 is 15.4 Å². The number of ether oxygens (including phenoxy) is 1. The molecule has 0 radical (unpaired) electrons. The van der Waals surface area contributed by atoms with Crippen LogP contribution in [0.3, 0.4) is 0 Å². The van der Waals surface area contributed by atoms with Crippen LogP contribution in [0.1, 0.15) is 30.6 Å². The minimum atomic E-state index is -5.36. The first kappa shape index (κ1) is 27.6. The zero-order valence-electron chi connectivity index (χ0n) is 20.1. The molecule has 0 unspecified atom stereocenters. The standard InChI is InChI=1S/C24H25F4N5O4/c1-3-33(4-2)14-6-13-29-23-32-31-21(37-23)15-9-11-16(12-10-15)30-20(34)17-7-5-8-18(25)19(17)36-22(35)24(26,27)28/h5,7-12H,3-4,6,13-14H2,1-2H3,(H,29,32)(H,30,34). The van der Waals surface area contributed by atoms with Gasteiger partial charge >= 0.3 is 18.2 Å². The van der Waals surface area contributed by atoms with Gasteiger partial charge in [-0.1, -0.05) is 25.0 Å². The van der Waals surface area contributed by atoms with Crippen molar-refractivity contribution < 1.29 is 36.3 Å². The maximum Gasteiger partial charge on any atom is 0.491 e. The molecule has 9 nitrogen and oxygen atoms in total. The van der Waals surface area contributed by atoms with Crippen molar-refractivity contribution in [2.24, 2.45) is 0 Å². The van der Waals surface area contributed by atoms with E-state index < -0.39 is 35.2 Å². The molecule has 0 saturated carbocycles. The van der Waals surface area contributed by atoms with Crippen LogP contribution in [0.15, 0.2) is 46.9 Å². The Morgan fingerprint density at radius 1 is 1.05 bits per heavy atom. The zero-order chi connectivity index (χ0) is 27.0. The minimum Gasteiger partial charge on any atom is -0.416 e. The van der Waals surface area contributed by atoms with Gasteiger partial charge in [0.25, 0.3) is 5.91 Å². The van der Waals surface area contributed by atoms with Gasteiger partial charge < -0.3 is 24.7 Å². The molecule has 0 fully saturated rings. The molecule has 37 heavy (non-hydrogen) atoms. The summed E-state index contributed by atoms with van der Waals surface area (Å²) in [6.45, 7) is 7.76. The molecule has 0 spiro atoms. The first-order valence-electron chi connectivity index (χ1n) is 11.4. The summed E-state index contributed by atoms with van der Waals surface area (Å²) < 4.78 is 61.4. The highest BCUT2D eigenvalue weighted by Gasteiger charge is 2.42. The molecule has 0 aliphatic heterocycles. The summed E-state index contributed by atoms with van der Waals surface area (Å²) in [4.78, 5) is 26.0. The molecular weight excluding hydrogens is 498 g/mol. The number of alkyl halides is 3. The lowest BCUT2D eigenvalue weighted by Crippen LogP contribution is -2.29. The van der Waals surface area contributed by atoms with Crippen LogP contribution in [0.2, 0.25) is 0 Å². The van der Waals surface area contributed by atoms with E-state index in [9.17, 15) is 27.2 Å². The summed E-state index contributed by atoms with van der Waals surface area (Å²) >= 11 is 0. The van der Waals surface area contributed by atoms with Gasteiger partial charge in [0.15, 0.2) is 11.6 Å². The number of halogens is 4. The molecule has 0 saturated heterocycles. The SMILES string of the molecule is CCN(CC)CCCNc1nnc(-c2ccc(NC(=O)c3cccc(F)c3OC(=O)C(F)(F)F)cc2)o1. The van der Waals surface area contributed by atoms with Crippen LogP contribution in [0.5, 0.6) is 5.75 Å². The van der Waals surface area contributed by atoms with Gasteiger partial charge in [-0.2, -0.15) is 13.2 Å². The van der Waals surface area contributed by atoms with E-state index in [1.54, 1.807) is 12.1 Å². The van der Waals surface area contributed by atoms with E-state index >= 15 is 0 Å². The van der Waals surface area contributed by atoms with Crippen molar-refractivity contribution in [1.29, 1.82) is 0 Å². The molecule has 3 aromatic rings. The fourth-order valence-electron chi connectivity index (χ4n) is 3.29. The Morgan fingerprint density at radius 3 is 2.41 bits per heavy atom. The highest BCUT2D eigenvalue weighted by Crippen LogP contribution is 2.28. The summed E-state index contributed by atoms with van der Waals surface area (Å²) in [5.41, 5.74) is 0.197. The van der Waals surface area contributed by atoms with Crippen molar-refractivity contribution in [3.63, 3.8) is 0 Å². The molecule has 13 heteroatoms. The molecule has 2 N–H and O–H groups in total. The Hall–Kier alpha value is -4.00. The molecule has 1 amide bonds. The van der Waals surface area contributed by atoms with Crippen LogP contribution in [0.4, 0.5) is 29.3 Å². The number of nitrogens with zero attached hydrogens (tertiary/aromatic N) is 3. The summed E-state index contributed by atoms with van der Waals surface area (Å²) in [5.74, 6) is -5.81. The van der Waals surface area contributed by atoms with Gasteiger partial charge in [-0.05, 0) is 62.5 Å². The molecule has 1 heterocycles. The fraction of sp³-hybridized carbons (Fsp3) is 0.333. The molecule has 0 atom stereocenters. The lowest BCUT2D eigenvalue weighted by Gasteiger charge is -2.17. The van der Waals surface area contributed by atoms with E-state index in [0.717, 1.165) is 44.3 Å². The van der Waals surface area contributed by atoms with Crippen LogP contribution in [0.25, 0.3) is 11.5 Å². The van der Waals surface area contributed by atoms with E-state index in [4.69, 9.17) is 4.42 Å². The number of hydrogen-bond acceptors (Lipinski definition) is 8. The molecule has 3 rings (SSSR count). The average Bonchev–Trinajstić information content (AvgIpc) is 3.34. The van der Waals surface area contributed by atoms with E-state index in [1.165, 1.54) is 12.1 Å². The quantitative estimate of drug-likeness (QED) is 0.161. The fourth-order valence-corrected chi connectivity index (χ4v) is 3.29. The second-order valence-corrected chi connectivity index (χ2v) is 7.75. The number of esters is 1. The predicted molar refractivity (Wildman–Crippen MR) is 127 cm³/mol. The normalized spacial score (nSPS) is 11.4. The van der Waals surface area contributed by atoms with Gasteiger partial charge in [-0.3, -0.25) is 4.79 Å². The maximum absolute atomic E-state index is 14.1.